The average Bonchev–Trinajstić information content (AvgIpc) is 2.16. The van der Waals surface area contributed by atoms with Gasteiger partial charge in [-0.1, -0.05) is 20.3 Å². The molecule has 2 heteroatoms. The first kappa shape index (κ1) is 13.4. The Morgan fingerprint density at radius 3 is 2.27 bits per heavy atom. The number of unbranched alkanes of at least 4 members (excludes halogenated alkanes) is 2. The van der Waals surface area contributed by atoms with Crippen molar-refractivity contribution in [3.8, 4) is 0 Å². The highest BCUT2D eigenvalue weighted by molar-refractivity contribution is 7.80. The summed E-state index contributed by atoms with van der Waals surface area (Å²) in [7, 11) is 0. The molecule has 2 unspecified atom stereocenters. The first-order valence-electron chi connectivity index (χ1n) is 6.44. The van der Waals surface area contributed by atoms with E-state index in [9.17, 15) is 0 Å². The molecule has 1 nitrogen and oxygen atoms in total. The highest BCUT2D eigenvalue weighted by Gasteiger charge is 2.23. The summed E-state index contributed by atoms with van der Waals surface area (Å²) < 4.78 is 5.95. The smallest absolute Gasteiger partial charge is 0.0580 e. The maximum atomic E-state index is 5.95. The van der Waals surface area contributed by atoms with E-state index in [1.807, 2.05) is 0 Å². The predicted octanol–water partition coefficient (Wildman–Crippen LogP) is 3.93. The van der Waals surface area contributed by atoms with E-state index in [1.54, 1.807) is 0 Å². The summed E-state index contributed by atoms with van der Waals surface area (Å²) in [6.45, 7) is 5.66. The van der Waals surface area contributed by atoms with Gasteiger partial charge in [0.25, 0.3) is 0 Å². The minimum atomic E-state index is 0.541. The molecule has 1 aliphatic carbocycles. The number of ether oxygens (including phenoxy) is 1. The summed E-state index contributed by atoms with van der Waals surface area (Å²) in [6, 6.07) is 0. The van der Waals surface area contributed by atoms with Crippen molar-refractivity contribution in [3.05, 3.63) is 0 Å². The molecule has 1 rings (SSSR count). The second-order valence-electron chi connectivity index (χ2n) is 5.19. The normalized spacial score (nSPS) is 31.8. The first-order valence-corrected chi connectivity index (χ1v) is 7.08. The minimum absolute atomic E-state index is 0.541. The van der Waals surface area contributed by atoms with Crippen molar-refractivity contribution in [2.75, 3.05) is 12.4 Å². The van der Waals surface area contributed by atoms with Crippen molar-refractivity contribution in [1.29, 1.82) is 0 Å². The van der Waals surface area contributed by atoms with Crippen LogP contribution in [0.4, 0.5) is 0 Å². The molecule has 1 saturated carbocycles. The van der Waals surface area contributed by atoms with Crippen LogP contribution in [0.5, 0.6) is 0 Å². The van der Waals surface area contributed by atoms with Crippen LogP contribution in [-0.4, -0.2) is 18.5 Å². The third-order valence-electron chi connectivity index (χ3n) is 3.29. The molecule has 0 N–H and O–H groups in total. The van der Waals surface area contributed by atoms with Gasteiger partial charge in [-0.15, -0.1) is 0 Å². The third-order valence-corrected chi connectivity index (χ3v) is 3.61. The lowest BCUT2D eigenvalue weighted by atomic mass is 9.82. The van der Waals surface area contributed by atoms with Gasteiger partial charge in [0.1, 0.15) is 0 Å². The van der Waals surface area contributed by atoms with Crippen LogP contribution in [0, 0.1) is 11.8 Å². The zero-order valence-corrected chi connectivity index (χ0v) is 11.1. The highest BCUT2D eigenvalue weighted by Crippen LogP contribution is 2.30. The molecular formula is C13H26OS. The molecule has 2 atom stereocenters. The van der Waals surface area contributed by atoms with Crippen LogP contribution in [0.3, 0.4) is 0 Å². The minimum Gasteiger partial charge on any atom is -0.378 e. The molecule has 0 heterocycles. The van der Waals surface area contributed by atoms with Gasteiger partial charge in [0.2, 0.25) is 0 Å². The van der Waals surface area contributed by atoms with E-state index in [0.717, 1.165) is 24.2 Å². The second kappa shape index (κ2) is 7.56. The Morgan fingerprint density at radius 1 is 1.00 bits per heavy atom. The lowest BCUT2D eigenvalue weighted by molar-refractivity contribution is -0.000482. The van der Waals surface area contributed by atoms with Gasteiger partial charge < -0.3 is 4.74 Å². The van der Waals surface area contributed by atoms with Gasteiger partial charge in [-0.3, -0.25) is 0 Å². The fourth-order valence-corrected chi connectivity index (χ4v) is 2.87. The Kier molecular flexibility index (Phi) is 6.74. The molecule has 90 valence electrons. The fraction of sp³-hybridized carbons (Fsp3) is 1.00. The molecule has 1 aliphatic rings. The molecular weight excluding hydrogens is 204 g/mol. The predicted molar refractivity (Wildman–Crippen MR) is 69.6 cm³/mol. The Labute approximate surface area is 100 Å². The molecule has 0 aliphatic heterocycles. The van der Waals surface area contributed by atoms with Crippen LogP contribution >= 0.6 is 12.6 Å². The van der Waals surface area contributed by atoms with Crippen LogP contribution in [0.2, 0.25) is 0 Å². The summed E-state index contributed by atoms with van der Waals surface area (Å²) in [5, 5.41) is 0. The van der Waals surface area contributed by atoms with E-state index in [4.69, 9.17) is 4.74 Å². The van der Waals surface area contributed by atoms with Gasteiger partial charge >= 0.3 is 0 Å². The molecule has 0 amide bonds. The first-order chi connectivity index (χ1) is 7.22. The number of hydrogen-bond acceptors (Lipinski definition) is 2. The lowest BCUT2D eigenvalue weighted by Gasteiger charge is -2.31. The van der Waals surface area contributed by atoms with Gasteiger partial charge in [0.15, 0.2) is 0 Å². The van der Waals surface area contributed by atoms with Crippen LogP contribution in [0.15, 0.2) is 0 Å². The Hall–Kier alpha value is 0.310. The van der Waals surface area contributed by atoms with Crippen LogP contribution in [0.1, 0.15) is 52.4 Å². The third kappa shape index (κ3) is 5.82. The van der Waals surface area contributed by atoms with Crippen LogP contribution < -0.4 is 0 Å². The van der Waals surface area contributed by atoms with Crippen LogP contribution in [-0.2, 0) is 4.74 Å². The van der Waals surface area contributed by atoms with E-state index < -0.39 is 0 Å². The maximum absolute atomic E-state index is 5.95. The maximum Gasteiger partial charge on any atom is 0.0580 e. The summed E-state index contributed by atoms with van der Waals surface area (Å²) in [5.74, 6) is 2.73. The number of hydrogen-bond donors (Lipinski definition) is 1. The quantitative estimate of drug-likeness (QED) is 0.537. The van der Waals surface area contributed by atoms with Gasteiger partial charge in [-0.2, -0.15) is 12.6 Å². The molecule has 0 bridgehead atoms. The molecule has 0 aromatic carbocycles. The molecule has 0 aromatic heterocycles. The average molecular weight is 230 g/mol. The van der Waals surface area contributed by atoms with Gasteiger partial charge in [0.05, 0.1) is 6.10 Å². The summed E-state index contributed by atoms with van der Waals surface area (Å²) in [5.41, 5.74) is 0. The fourth-order valence-electron chi connectivity index (χ4n) is 2.65. The summed E-state index contributed by atoms with van der Waals surface area (Å²) in [6.07, 6.45) is 8.18. The Morgan fingerprint density at radius 2 is 1.67 bits per heavy atom. The SMILES string of the molecule is CC1CC(C)CC(OCCCCCS)C1. The van der Waals surface area contributed by atoms with E-state index in [1.165, 1.54) is 38.5 Å². The zero-order chi connectivity index (χ0) is 11.1. The molecule has 15 heavy (non-hydrogen) atoms. The van der Waals surface area contributed by atoms with Gasteiger partial charge in [-0.25, -0.2) is 0 Å². The van der Waals surface area contributed by atoms with Gasteiger partial charge in [-0.05, 0) is 49.7 Å². The van der Waals surface area contributed by atoms with E-state index >= 15 is 0 Å². The number of thiol groups is 1. The number of rotatable bonds is 6. The summed E-state index contributed by atoms with van der Waals surface area (Å²) in [4.78, 5) is 0. The Balaban J connectivity index is 2.04. The molecule has 0 radical (unpaired) electrons. The van der Waals surface area contributed by atoms with Crippen molar-refractivity contribution in [2.24, 2.45) is 11.8 Å². The molecule has 0 saturated heterocycles. The molecule has 0 aromatic rings. The summed E-state index contributed by atoms with van der Waals surface area (Å²) >= 11 is 4.21. The van der Waals surface area contributed by atoms with Crippen molar-refractivity contribution >= 4 is 12.6 Å². The molecule has 1 fully saturated rings. The second-order valence-corrected chi connectivity index (χ2v) is 5.64. The van der Waals surface area contributed by atoms with Crippen LogP contribution in [0.25, 0.3) is 0 Å². The van der Waals surface area contributed by atoms with E-state index in [-0.39, 0.29) is 0 Å². The van der Waals surface area contributed by atoms with Crippen molar-refractivity contribution in [2.45, 2.75) is 58.5 Å². The van der Waals surface area contributed by atoms with Crippen molar-refractivity contribution < 1.29 is 4.74 Å². The topological polar surface area (TPSA) is 9.23 Å². The standard InChI is InChI=1S/C13H26OS/c1-11-8-12(2)10-13(9-11)14-6-4-3-5-7-15/h11-13,15H,3-10H2,1-2H3. The highest BCUT2D eigenvalue weighted by atomic mass is 32.1. The zero-order valence-electron chi connectivity index (χ0n) is 10.2. The largest absolute Gasteiger partial charge is 0.378 e. The van der Waals surface area contributed by atoms with Crippen molar-refractivity contribution in [1.82, 2.24) is 0 Å². The van der Waals surface area contributed by atoms with Crippen molar-refractivity contribution in [3.63, 3.8) is 0 Å². The Bertz CT molecular complexity index is 151. The monoisotopic (exact) mass is 230 g/mol. The molecule has 0 spiro atoms. The van der Waals surface area contributed by atoms with Gasteiger partial charge in [0, 0.05) is 6.61 Å². The van der Waals surface area contributed by atoms with E-state index in [2.05, 4.69) is 26.5 Å². The van der Waals surface area contributed by atoms with E-state index in [0.29, 0.717) is 6.10 Å². The lowest BCUT2D eigenvalue weighted by Crippen LogP contribution is -2.26.